The second-order valence-corrected chi connectivity index (χ2v) is 7.22. The number of Topliss-reactive ketones (excluding diaryl/α,β-unsaturated/α-hetero) is 1. The molecule has 0 saturated carbocycles. The highest BCUT2D eigenvalue weighted by Gasteiger charge is 2.37. The van der Waals surface area contributed by atoms with E-state index in [2.05, 4.69) is 0 Å². The van der Waals surface area contributed by atoms with E-state index in [0.29, 0.717) is 5.56 Å². The normalized spacial score (nSPS) is 18.2. The molecular formula is C22H20FNO4. The second-order valence-electron chi connectivity index (χ2n) is 7.22. The summed E-state index contributed by atoms with van der Waals surface area (Å²) >= 11 is 0. The maximum atomic E-state index is 13.9. The van der Waals surface area contributed by atoms with Crippen LogP contribution in [0.4, 0.5) is 10.1 Å². The van der Waals surface area contributed by atoms with E-state index in [0.717, 1.165) is 19.3 Å². The standard InChI is InChI=1S/C22H20FNO4/c23-18-6-1-2-7-19(18)24-12-17(11-21(24)26)22(27)28-13-20(25)16-9-8-14-4-3-5-15(14)10-16/h1-2,6-10,17H,3-5,11-13H2/t17-/m1/s1. The van der Waals surface area contributed by atoms with Crippen molar-refractivity contribution in [3.63, 3.8) is 0 Å². The smallest absolute Gasteiger partial charge is 0.311 e. The average molecular weight is 381 g/mol. The van der Waals surface area contributed by atoms with E-state index in [9.17, 15) is 18.8 Å². The lowest BCUT2D eigenvalue weighted by Crippen LogP contribution is -2.27. The summed E-state index contributed by atoms with van der Waals surface area (Å²) in [4.78, 5) is 38.1. The lowest BCUT2D eigenvalue weighted by Gasteiger charge is -2.17. The Balaban J connectivity index is 1.36. The quantitative estimate of drug-likeness (QED) is 0.590. The van der Waals surface area contributed by atoms with Gasteiger partial charge >= 0.3 is 5.97 Å². The van der Waals surface area contributed by atoms with E-state index in [1.165, 1.54) is 34.2 Å². The number of anilines is 1. The van der Waals surface area contributed by atoms with E-state index in [1.807, 2.05) is 12.1 Å². The van der Waals surface area contributed by atoms with Gasteiger partial charge in [0.1, 0.15) is 5.82 Å². The molecule has 5 nitrogen and oxygen atoms in total. The number of halogens is 1. The number of hydrogen-bond donors (Lipinski definition) is 0. The lowest BCUT2D eigenvalue weighted by molar-refractivity contribution is -0.147. The SMILES string of the molecule is O=C(COC(=O)[C@@H]1CC(=O)N(c2ccccc2F)C1)c1ccc2c(c1)CCC2. The van der Waals surface area contributed by atoms with Crippen molar-refractivity contribution in [3.05, 3.63) is 65.0 Å². The number of carbonyl (C=O) groups excluding carboxylic acids is 3. The van der Waals surface area contributed by atoms with Crippen molar-refractivity contribution in [2.45, 2.75) is 25.7 Å². The van der Waals surface area contributed by atoms with Gasteiger partial charge in [-0.2, -0.15) is 0 Å². The molecule has 0 bridgehead atoms. The first-order chi connectivity index (χ1) is 13.5. The summed E-state index contributed by atoms with van der Waals surface area (Å²) in [6, 6.07) is 11.5. The monoisotopic (exact) mass is 381 g/mol. The molecule has 2 aliphatic rings. The van der Waals surface area contributed by atoms with Gasteiger partial charge in [0, 0.05) is 18.5 Å². The molecule has 1 aliphatic carbocycles. The van der Waals surface area contributed by atoms with Gasteiger partial charge in [0.2, 0.25) is 5.91 Å². The van der Waals surface area contributed by atoms with Crippen molar-refractivity contribution >= 4 is 23.3 Å². The van der Waals surface area contributed by atoms with Gasteiger partial charge < -0.3 is 9.64 Å². The van der Waals surface area contributed by atoms with Crippen LogP contribution in [0.3, 0.4) is 0 Å². The van der Waals surface area contributed by atoms with E-state index >= 15 is 0 Å². The molecule has 2 aromatic rings. The molecule has 0 radical (unpaired) electrons. The van der Waals surface area contributed by atoms with Crippen molar-refractivity contribution < 1.29 is 23.5 Å². The fraction of sp³-hybridized carbons (Fsp3) is 0.318. The number of benzene rings is 2. The molecule has 1 saturated heterocycles. The maximum absolute atomic E-state index is 13.9. The summed E-state index contributed by atoms with van der Waals surface area (Å²) in [5.74, 6) is -2.44. The number of ether oxygens (including phenoxy) is 1. The van der Waals surface area contributed by atoms with Gasteiger partial charge in [-0.3, -0.25) is 14.4 Å². The Morgan fingerprint density at radius 1 is 1.11 bits per heavy atom. The molecule has 6 heteroatoms. The summed E-state index contributed by atoms with van der Waals surface area (Å²) in [6.07, 6.45) is 3.04. The van der Waals surface area contributed by atoms with Gasteiger partial charge in [0.25, 0.3) is 0 Å². The van der Waals surface area contributed by atoms with Crippen LogP contribution in [-0.4, -0.2) is 30.8 Å². The van der Waals surface area contributed by atoms with Gasteiger partial charge in [0.05, 0.1) is 11.6 Å². The number of para-hydroxylation sites is 1. The van der Waals surface area contributed by atoms with Gasteiger partial charge in [-0.1, -0.05) is 24.3 Å². The first-order valence-corrected chi connectivity index (χ1v) is 9.39. The van der Waals surface area contributed by atoms with E-state index in [1.54, 1.807) is 12.1 Å². The van der Waals surface area contributed by atoms with Crippen LogP contribution in [0, 0.1) is 11.7 Å². The molecule has 1 atom stereocenters. The van der Waals surface area contributed by atoms with E-state index in [4.69, 9.17) is 4.74 Å². The van der Waals surface area contributed by atoms with Crippen LogP contribution in [0.1, 0.15) is 34.3 Å². The molecule has 1 amide bonds. The highest BCUT2D eigenvalue weighted by atomic mass is 19.1. The molecular weight excluding hydrogens is 361 g/mol. The van der Waals surface area contributed by atoms with Crippen LogP contribution < -0.4 is 4.90 Å². The molecule has 2 aromatic carbocycles. The van der Waals surface area contributed by atoms with Gasteiger partial charge in [-0.05, 0) is 48.6 Å². The number of hydrogen-bond acceptors (Lipinski definition) is 4. The van der Waals surface area contributed by atoms with Crippen molar-refractivity contribution in [2.75, 3.05) is 18.1 Å². The molecule has 28 heavy (non-hydrogen) atoms. The van der Waals surface area contributed by atoms with Gasteiger partial charge in [-0.25, -0.2) is 4.39 Å². The number of fused-ring (bicyclic) bond motifs is 1. The predicted molar refractivity (Wildman–Crippen MR) is 101 cm³/mol. The second kappa shape index (κ2) is 7.54. The topological polar surface area (TPSA) is 63.7 Å². The number of aryl methyl sites for hydroxylation is 2. The van der Waals surface area contributed by atoms with Crippen LogP contribution >= 0.6 is 0 Å². The third kappa shape index (κ3) is 3.54. The number of amides is 1. The number of nitrogens with zero attached hydrogens (tertiary/aromatic N) is 1. The predicted octanol–water partition coefficient (Wildman–Crippen LogP) is 3.09. The minimum atomic E-state index is -0.708. The van der Waals surface area contributed by atoms with Crippen LogP contribution in [-0.2, 0) is 27.2 Å². The van der Waals surface area contributed by atoms with Crippen molar-refractivity contribution in [1.82, 2.24) is 0 Å². The zero-order valence-corrected chi connectivity index (χ0v) is 15.3. The minimum Gasteiger partial charge on any atom is -0.457 e. The first-order valence-electron chi connectivity index (χ1n) is 9.39. The highest BCUT2D eigenvalue weighted by Crippen LogP contribution is 2.28. The van der Waals surface area contributed by atoms with Crippen LogP contribution in [0.5, 0.6) is 0 Å². The molecule has 1 aliphatic heterocycles. The molecule has 0 aromatic heterocycles. The van der Waals surface area contributed by atoms with E-state index in [-0.39, 0.29) is 37.0 Å². The zero-order chi connectivity index (χ0) is 19.7. The lowest BCUT2D eigenvalue weighted by atomic mass is 10.0. The third-order valence-corrected chi connectivity index (χ3v) is 5.37. The average Bonchev–Trinajstić information content (AvgIpc) is 3.32. The van der Waals surface area contributed by atoms with Crippen molar-refractivity contribution in [1.29, 1.82) is 0 Å². The van der Waals surface area contributed by atoms with Crippen molar-refractivity contribution in [3.8, 4) is 0 Å². The zero-order valence-electron chi connectivity index (χ0n) is 15.3. The number of rotatable bonds is 5. The summed E-state index contributed by atoms with van der Waals surface area (Å²) in [7, 11) is 0. The van der Waals surface area contributed by atoms with Crippen LogP contribution in [0.25, 0.3) is 0 Å². The Morgan fingerprint density at radius 3 is 2.71 bits per heavy atom. The minimum absolute atomic E-state index is 0.0473. The number of ketones is 1. The number of esters is 1. The summed E-state index contributed by atoms with van der Waals surface area (Å²) in [6.45, 7) is -0.312. The first kappa shape index (κ1) is 18.3. The van der Waals surface area contributed by atoms with Crippen LogP contribution in [0.15, 0.2) is 42.5 Å². The Labute approximate surface area is 162 Å². The fourth-order valence-corrected chi connectivity index (χ4v) is 3.85. The van der Waals surface area contributed by atoms with Crippen LogP contribution in [0.2, 0.25) is 0 Å². The Kier molecular flexibility index (Phi) is 4.94. The summed E-state index contributed by atoms with van der Waals surface area (Å²) in [5.41, 5.74) is 3.13. The fourth-order valence-electron chi connectivity index (χ4n) is 3.85. The molecule has 4 rings (SSSR count). The molecule has 1 heterocycles. The Bertz CT molecular complexity index is 955. The van der Waals surface area contributed by atoms with Gasteiger partial charge in [0.15, 0.2) is 12.4 Å². The molecule has 0 spiro atoms. The molecule has 0 N–H and O–H groups in total. The van der Waals surface area contributed by atoms with E-state index < -0.39 is 17.7 Å². The molecule has 144 valence electrons. The summed E-state index contributed by atoms with van der Waals surface area (Å²) < 4.78 is 19.1. The largest absolute Gasteiger partial charge is 0.457 e. The molecule has 1 fully saturated rings. The molecule has 0 unspecified atom stereocenters. The Morgan fingerprint density at radius 2 is 1.89 bits per heavy atom. The summed E-state index contributed by atoms with van der Waals surface area (Å²) in [5, 5.41) is 0. The maximum Gasteiger partial charge on any atom is 0.311 e. The Hall–Kier alpha value is -3.02. The number of carbonyl (C=O) groups is 3. The van der Waals surface area contributed by atoms with Gasteiger partial charge in [-0.15, -0.1) is 0 Å². The van der Waals surface area contributed by atoms with Crippen molar-refractivity contribution in [2.24, 2.45) is 5.92 Å². The third-order valence-electron chi connectivity index (χ3n) is 5.37. The highest BCUT2D eigenvalue weighted by molar-refractivity contribution is 6.01.